The fraction of sp³-hybridized carbons (Fsp3) is 0.982. The minimum Gasteiger partial charge on any atom is -0.379 e. The van der Waals surface area contributed by atoms with Crippen LogP contribution in [-0.2, 0) is 14.3 Å². The molecule has 0 aromatic rings. The lowest BCUT2D eigenvalue weighted by Crippen LogP contribution is -2.49. The molecule has 0 fully saturated rings. The maximum Gasteiger partial charge on any atom is 0.226 e. The lowest BCUT2D eigenvalue weighted by atomic mass is 9.64. The zero-order chi connectivity index (χ0) is 44.6. The number of rotatable bonds is 47. The summed E-state index contributed by atoms with van der Waals surface area (Å²) in [5.41, 5.74) is -0.870. The van der Waals surface area contributed by atoms with Crippen LogP contribution in [0.2, 0.25) is 0 Å². The molecule has 0 aromatic carbocycles. The van der Waals surface area contributed by atoms with Crippen molar-refractivity contribution in [3.8, 4) is 0 Å². The van der Waals surface area contributed by atoms with Crippen LogP contribution in [0.4, 0.5) is 0 Å². The average Bonchev–Trinajstić information content (AvgIpc) is 3.21. The molecular formula is C55H111NO3S. The Balaban J connectivity index is 4.58. The molecule has 60 heavy (non-hydrogen) atoms. The van der Waals surface area contributed by atoms with Crippen LogP contribution in [0.1, 0.15) is 293 Å². The quantitative estimate of drug-likeness (QED) is 0.0619. The number of unbranched alkanes of at least 4 members (excludes halogenated alkanes) is 31. The van der Waals surface area contributed by atoms with E-state index < -0.39 is 5.41 Å². The number of ether oxygens (including phenoxy) is 2. The van der Waals surface area contributed by atoms with Gasteiger partial charge in [-0.1, -0.05) is 247 Å². The SMILES string of the molecule is CCCCCCCCCCCCCCCCCCCC(CNC(=O)C(C)(C)C(C)(C)CC(C)OCCC(C)(C)OC)SCCCCCCCCCCCCCCCCCC. The van der Waals surface area contributed by atoms with E-state index in [1.807, 2.05) is 0 Å². The summed E-state index contributed by atoms with van der Waals surface area (Å²) >= 11 is 2.14. The topological polar surface area (TPSA) is 47.6 Å². The van der Waals surface area contributed by atoms with Gasteiger partial charge in [0, 0.05) is 30.9 Å². The summed E-state index contributed by atoms with van der Waals surface area (Å²) in [5, 5.41) is 3.98. The third-order valence-electron chi connectivity index (χ3n) is 14.2. The average molecular weight is 867 g/mol. The van der Waals surface area contributed by atoms with Gasteiger partial charge in [0.25, 0.3) is 0 Å². The predicted molar refractivity (Wildman–Crippen MR) is 271 cm³/mol. The van der Waals surface area contributed by atoms with Crippen molar-refractivity contribution < 1.29 is 14.3 Å². The Kier molecular flexibility index (Phi) is 40.1. The van der Waals surface area contributed by atoms with E-state index in [2.05, 4.69) is 79.4 Å². The van der Waals surface area contributed by atoms with E-state index in [0.29, 0.717) is 11.9 Å². The van der Waals surface area contributed by atoms with Crippen LogP contribution < -0.4 is 5.32 Å². The Morgan fingerprint density at radius 2 is 0.883 bits per heavy atom. The van der Waals surface area contributed by atoms with Gasteiger partial charge in [-0.25, -0.2) is 0 Å². The van der Waals surface area contributed by atoms with Gasteiger partial charge < -0.3 is 14.8 Å². The first-order chi connectivity index (χ1) is 28.8. The summed E-state index contributed by atoms with van der Waals surface area (Å²) < 4.78 is 11.8. The first kappa shape index (κ1) is 59.7. The van der Waals surface area contributed by atoms with Gasteiger partial charge in [-0.05, 0) is 57.6 Å². The molecule has 1 amide bonds. The van der Waals surface area contributed by atoms with Gasteiger partial charge in [-0.15, -0.1) is 0 Å². The van der Waals surface area contributed by atoms with Crippen LogP contribution >= 0.6 is 11.8 Å². The van der Waals surface area contributed by atoms with Crippen molar-refractivity contribution in [2.45, 2.75) is 310 Å². The fourth-order valence-electron chi connectivity index (χ4n) is 8.62. The molecule has 0 saturated carbocycles. The third-order valence-corrected chi connectivity index (χ3v) is 15.6. The van der Waals surface area contributed by atoms with E-state index in [1.165, 1.54) is 224 Å². The van der Waals surface area contributed by atoms with E-state index in [0.717, 1.165) is 19.4 Å². The Labute approximate surface area is 383 Å². The highest BCUT2D eigenvalue weighted by molar-refractivity contribution is 7.99. The van der Waals surface area contributed by atoms with Gasteiger partial charge in [0.05, 0.1) is 11.7 Å². The summed E-state index contributed by atoms with van der Waals surface area (Å²) in [6.07, 6.45) is 49.6. The van der Waals surface area contributed by atoms with Crippen LogP contribution in [0, 0.1) is 10.8 Å². The van der Waals surface area contributed by atoms with Gasteiger partial charge >= 0.3 is 0 Å². The van der Waals surface area contributed by atoms with Gasteiger partial charge in [-0.2, -0.15) is 11.8 Å². The lowest BCUT2D eigenvalue weighted by Gasteiger charge is -2.42. The number of amides is 1. The van der Waals surface area contributed by atoms with Crippen LogP contribution in [-0.4, -0.2) is 48.9 Å². The zero-order valence-electron chi connectivity index (χ0n) is 42.9. The summed E-state index contributed by atoms with van der Waals surface area (Å²) in [7, 11) is 1.76. The highest BCUT2D eigenvalue weighted by Crippen LogP contribution is 2.43. The van der Waals surface area contributed by atoms with Crippen LogP contribution in [0.5, 0.6) is 0 Å². The molecule has 2 atom stereocenters. The number of hydrogen-bond donors (Lipinski definition) is 1. The van der Waals surface area contributed by atoms with Crippen molar-refractivity contribution in [1.29, 1.82) is 0 Å². The molecule has 0 bridgehead atoms. The Hall–Kier alpha value is -0.260. The molecule has 0 heterocycles. The summed E-state index contributed by atoms with van der Waals surface area (Å²) in [6.45, 7) is 21.2. The van der Waals surface area contributed by atoms with Crippen molar-refractivity contribution in [2.75, 3.05) is 26.0 Å². The largest absolute Gasteiger partial charge is 0.379 e. The Morgan fingerprint density at radius 3 is 1.25 bits per heavy atom. The molecule has 5 heteroatoms. The van der Waals surface area contributed by atoms with E-state index in [1.54, 1.807) is 7.11 Å². The number of methoxy groups -OCH3 is 1. The second kappa shape index (κ2) is 40.3. The van der Waals surface area contributed by atoms with E-state index in [4.69, 9.17) is 9.47 Å². The summed E-state index contributed by atoms with van der Waals surface area (Å²) in [5.74, 6) is 1.41. The smallest absolute Gasteiger partial charge is 0.226 e. The molecule has 0 rings (SSSR count). The second-order valence-corrected chi connectivity index (χ2v) is 22.5. The third kappa shape index (κ3) is 35.1. The molecule has 360 valence electrons. The highest BCUT2D eigenvalue weighted by atomic mass is 32.2. The van der Waals surface area contributed by atoms with Crippen molar-refractivity contribution in [3.63, 3.8) is 0 Å². The van der Waals surface area contributed by atoms with Crippen molar-refractivity contribution in [2.24, 2.45) is 10.8 Å². The van der Waals surface area contributed by atoms with Gasteiger partial charge in [0.2, 0.25) is 5.91 Å². The first-order valence-corrected chi connectivity index (χ1v) is 27.9. The highest BCUT2D eigenvalue weighted by Gasteiger charge is 2.44. The molecule has 0 aromatic heterocycles. The minimum absolute atomic E-state index is 0.0856. The molecular weight excluding hydrogens is 755 g/mol. The molecule has 4 nitrogen and oxygen atoms in total. The lowest BCUT2D eigenvalue weighted by molar-refractivity contribution is -0.137. The van der Waals surface area contributed by atoms with Crippen LogP contribution in [0.15, 0.2) is 0 Å². The minimum atomic E-state index is -0.493. The standard InChI is InChI=1S/C55H111NO3S/c1-11-13-15-17-19-21-23-25-27-29-30-32-34-36-38-40-42-44-51(60-47-43-41-39-37-35-33-31-28-26-24-22-20-18-16-14-12-2)49-56-52(57)55(8,9)53(4,5)48-50(3)59-46-45-54(6,7)58-10/h50-51H,11-49H2,1-10H3,(H,56,57). The van der Waals surface area contributed by atoms with E-state index in [9.17, 15) is 4.79 Å². The molecule has 0 spiro atoms. The zero-order valence-corrected chi connectivity index (χ0v) is 43.7. The number of carbonyl (C=O) groups is 1. The fourth-order valence-corrected chi connectivity index (χ4v) is 9.86. The first-order valence-electron chi connectivity index (χ1n) is 26.9. The maximum absolute atomic E-state index is 13.9. The molecule has 2 unspecified atom stereocenters. The number of carbonyl (C=O) groups excluding carboxylic acids is 1. The Bertz CT molecular complexity index is 881. The number of hydrogen-bond acceptors (Lipinski definition) is 4. The van der Waals surface area contributed by atoms with Gasteiger partial charge in [0.1, 0.15) is 0 Å². The van der Waals surface area contributed by atoms with Crippen molar-refractivity contribution in [3.05, 3.63) is 0 Å². The molecule has 0 aliphatic carbocycles. The molecule has 1 N–H and O–H groups in total. The Morgan fingerprint density at radius 1 is 0.533 bits per heavy atom. The summed E-state index contributed by atoms with van der Waals surface area (Å²) in [4.78, 5) is 13.9. The number of thioether (sulfide) groups is 1. The van der Waals surface area contributed by atoms with Gasteiger partial charge in [0.15, 0.2) is 0 Å². The predicted octanol–water partition coefficient (Wildman–Crippen LogP) is 18.2. The van der Waals surface area contributed by atoms with E-state index in [-0.39, 0.29) is 23.0 Å². The van der Waals surface area contributed by atoms with Gasteiger partial charge in [-0.3, -0.25) is 4.79 Å². The van der Waals surface area contributed by atoms with Crippen LogP contribution in [0.3, 0.4) is 0 Å². The van der Waals surface area contributed by atoms with Crippen LogP contribution in [0.25, 0.3) is 0 Å². The molecule has 0 saturated heterocycles. The second-order valence-electron chi connectivity index (χ2n) is 21.1. The molecule has 0 radical (unpaired) electrons. The van der Waals surface area contributed by atoms with Crippen molar-refractivity contribution >= 4 is 17.7 Å². The summed E-state index contributed by atoms with van der Waals surface area (Å²) in [6, 6.07) is 0. The molecule has 0 aliphatic rings. The normalized spacial score (nSPS) is 13.6. The molecule has 0 aliphatic heterocycles. The van der Waals surface area contributed by atoms with E-state index >= 15 is 0 Å². The van der Waals surface area contributed by atoms with Crippen molar-refractivity contribution in [1.82, 2.24) is 5.32 Å². The monoisotopic (exact) mass is 866 g/mol. The number of nitrogens with one attached hydrogen (secondary N) is 1. The maximum atomic E-state index is 13.9.